The lowest BCUT2D eigenvalue weighted by Gasteiger charge is -2.24. The molecule has 1 atom stereocenters. The Hall–Kier alpha value is -1.49. The van der Waals surface area contributed by atoms with Crippen molar-refractivity contribution in [3.05, 3.63) is 29.6 Å². The van der Waals surface area contributed by atoms with E-state index in [-0.39, 0.29) is 0 Å². The number of benzene rings is 1. The maximum absolute atomic E-state index is 13.6. The van der Waals surface area contributed by atoms with Gasteiger partial charge in [-0.1, -0.05) is 13.3 Å². The minimum absolute atomic E-state index is 0.519. The van der Waals surface area contributed by atoms with Crippen LogP contribution in [0.15, 0.2) is 12.1 Å². The second-order valence-electron chi connectivity index (χ2n) is 6.12. The molecule has 0 saturated carbocycles. The zero-order chi connectivity index (χ0) is 15.5. The van der Waals surface area contributed by atoms with Crippen LogP contribution in [0.2, 0.25) is 0 Å². The number of aromatic nitrogens is 2. The fourth-order valence-electron chi connectivity index (χ4n) is 3.29. The Morgan fingerprint density at radius 3 is 2.82 bits per heavy atom. The highest BCUT2D eigenvalue weighted by molar-refractivity contribution is 5.76. The summed E-state index contributed by atoms with van der Waals surface area (Å²) in [5.74, 6) is -0.694. The molecular formula is C17H23F2N3. The molecule has 1 aliphatic heterocycles. The average Bonchev–Trinajstić information content (AvgIpc) is 2.84. The number of rotatable bonds is 5. The molecule has 0 bridgehead atoms. The number of aryl methyl sites for hydroxylation is 2. The normalized spacial score (nSPS) is 19.0. The van der Waals surface area contributed by atoms with E-state index in [0.717, 1.165) is 38.2 Å². The molecule has 22 heavy (non-hydrogen) atoms. The van der Waals surface area contributed by atoms with Gasteiger partial charge in [-0.05, 0) is 32.2 Å². The topological polar surface area (TPSA) is 29.9 Å². The minimum atomic E-state index is -0.825. The molecule has 2 aromatic rings. The van der Waals surface area contributed by atoms with Gasteiger partial charge in [-0.25, -0.2) is 13.8 Å². The molecule has 0 amide bonds. The summed E-state index contributed by atoms with van der Waals surface area (Å²) in [6.07, 6.45) is 6.51. The number of nitrogens with zero attached hydrogens (tertiary/aromatic N) is 2. The lowest BCUT2D eigenvalue weighted by atomic mass is 10.0. The molecule has 1 N–H and O–H groups in total. The van der Waals surface area contributed by atoms with Crippen LogP contribution in [0, 0.1) is 11.6 Å². The fourth-order valence-corrected chi connectivity index (χ4v) is 3.29. The van der Waals surface area contributed by atoms with Gasteiger partial charge < -0.3 is 9.88 Å². The van der Waals surface area contributed by atoms with Crippen molar-refractivity contribution < 1.29 is 8.78 Å². The summed E-state index contributed by atoms with van der Waals surface area (Å²) < 4.78 is 29.1. The molecule has 0 aliphatic carbocycles. The van der Waals surface area contributed by atoms with E-state index in [9.17, 15) is 8.78 Å². The lowest BCUT2D eigenvalue weighted by molar-refractivity contribution is 0.366. The summed E-state index contributed by atoms with van der Waals surface area (Å²) in [5, 5.41) is 3.53. The van der Waals surface area contributed by atoms with Crippen LogP contribution in [0.25, 0.3) is 11.0 Å². The molecule has 1 fully saturated rings. The highest BCUT2D eigenvalue weighted by atomic mass is 19.2. The highest BCUT2D eigenvalue weighted by Gasteiger charge is 2.17. The van der Waals surface area contributed by atoms with Crippen LogP contribution in [0.3, 0.4) is 0 Å². The Kier molecular flexibility index (Phi) is 4.71. The molecule has 1 aromatic carbocycles. The third kappa shape index (κ3) is 3.14. The summed E-state index contributed by atoms with van der Waals surface area (Å²) in [6.45, 7) is 3.97. The van der Waals surface area contributed by atoms with Crippen molar-refractivity contribution in [2.45, 2.75) is 58.0 Å². The van der Waals surface area contributed by atoms with Crippen LogP contribution < -0.4 is 5.32 Å². The molecule has 1 aliphatic rings. The van der Waals surface area contributed by atoms with Gasteiger partial charge in [-0.2, -0.15) is 0 Å². The molecule has 3 rings (SSSR count). The van der Waals surface area contributed by atoms with Gasteiger partial charge in [0.05, 0.1) is 11.0 Å². The van der Waals surface area contributed by atoms with Crippen LogP contribution in [0.1, 0.15) is 44.9 Å². The largest absolute Gasteiger partial charge is 0.328 e. The van der Waals surface area contributed by atoms with E-state index >= 15 is 0 Å². The summed E-state index contributed by atoms with van der Waals surface area (Å²) >= 11 is 0. The first kappa shape index (κ1) is 15.4. The minimum Gasteiger partial charge on any atom is -0.328 e. The van der Waals surface area contributed by atoms with Crippen molar-refractivity contribution >= 4 is 11.0 Å². The summed E-state index contributed by atoms with van der Waals surface area (Å²) in [6, 6.07) is 3.01. The van der Waals surface area contributed by atoms with Gasteiger partial charge in [-0.3, -0.25) is 0 Å². The number of halogens is 2. The van der Waals surface area contributed by atoms with Crippen LogP contribution in [-0.2, 0) is 13.0 Å². The van der Waals surface area contributed by atoms with E-state index < -0.39 is 11.6 Å². The quantitative estimate of drug-likeness (QED) is 0.910. The molecule has 120 valence electrons. The van der Waals surface area contributed by atoms with Gasteiger partial charge in [-0.15, -0.1) is 0 Å². The summed E-state index contributed by atoms with van der Waals surface area (Å²) in [7, 11) is 0. The standard InChI is InChI=1S/C17H23F2N3/c1-2-5-17-21-15-10-13(18)14(19)11-16(15)22(17)9-7-12-6-3-4-8-20-12/h10-12,20H,2-9H2,1H3. The molecule has 0 spiro atoms. The smallest absolute Gasteiger partial charge is 0.161 e. The van der Waals surface area contributed by atoms with Crippen molar-refractivity contribution in [2.75, 3.05) is 6.54 Å². The zero-order valence-corrected chi connectivity index (χ0v) is 13.0. The molecule has 5 heteroatoms. The van der Waals surface area contributed by atoms with Crippen LogP contribution in [0.5, 0.6) is 0 Å². The Morgan fingerprint density at radius 2 is 2.09 bits per heavy atom. The van der Waals surface area contributed by atoms with Crippen molar-refractivity contribution in [3.8, 4) is 0 Å². The first-order valence-corrected chi connectivity index (χ1v) is 8.26. The molecule has 1 saturated heterocycles. The van der Waals surface area contributed by atoms with Crippen LogP contribution in [-0.4, -0.2) is 22.1 Å². The summed E-state index contributed by atoms with van der Waals surface area (Å²) in [5.41, 5.74) is 1.26. The number of hydrogen-bond acceptors (Lipinski definition) is 2. The van der Waals surface area contributed by atoms with E-state index in [1.54, 1.807) is 0 Å². The van der Waals surface area contributed by atoms with Crippen molar-refractivity contribution in [2.24, 2.45) is 0 Å². The van der Waals surface area contributed by atoms with E-state index in [4.69, 9.17) is 0 Å². The molecule has 2 heterocycles. The Morgan fingerprint density at radius 1 is 1.27 bits per heavy atom. The van der Waals surface area contributed by atoms with Gasteiger partial charge >= 0.3 is 0 Å². The highest BCUT2D eigenvalue weighted by Crippen LogP contribution is 2.22. The van der Waals surface area contributed by atoms with Gasteiger partial charge in [0.25, 0.3) is 0 Å². The van der Waals surface area contributed by atoms with Crippen LogP contribution >= 0.6 is 0 Å². The van der Waals surface area contributed by atoms with Gasteiger partial charge in [0.2, 0.25) is 0 Å². The zero-order valence-electron chi connectivity index (χ0n) is 13.0. The number of nitrogens with one attached hydrogen (secondary N) is 1. The van der Waals surface area contributed by atoms with Gasteiger partial charge in [0.1, 0.15) is 5.82 Å². The van der Waals surface area contributed by atoms with Crippen LogP contribution in [0.4, 0.5) is 8.78 Å². The van der Waals surface area contributed by atoms with Crippen molar-refractivity contribution in [1.29, 1.82) is 0 Å². The summed E-state index contributed by atoms with van der Waals surface area (Å²) in [4.78, 5) is 4.50. The van der Waals surface area contributed by atoms with E-state index in [2.05, 4.69) is 21.8 Å². The van der Waals surface area contributed by atoms with Gasteiger partial charge in [0, 0.05) is 31.1 Å². The van der Waals surface area contributed by atoms with Gasteiger partial charge in [0.15, 0.2) is 11.6 Å². The first-order valence-electron chi connectivity index (χ1n) is 8.26. The number of fused-ring (bicyclic) bond motifs is 1. The molecule has 1 aromatic heterocycles. The number of imidazole rings is 1. The predicted octanol–water partition coefficient (Wildman–Crippen LogP) is 3.80. The maximum Gasteiger partial charge on any atom is 0.161 e. The Labute approximate surface area is 129 Å². The molecular weight excluding hydrogens is 284 g/mol. The van der Waals surface area contributed by atoms with Crippen molar-refractivity contribution in [1.82, 2.24) is 14.9 Å². The maximum atomic E-state index is 13.6. The molecule has 3 nitrogen and oxygen atoms in total. The monoisotopic (exact) mass is 307 g/mol. The first-order chi connectivity index (χ1) is 10.7. The Bertz CT molecular complexity index is 645. The fraction of sp³-hybridized carbons (Fsp3) is 0.588. The Balaban J connectivity index is 1.87. The average molecular weight is 307 g/mol. The van der Waals surface area contributed by atoms with E-state index in [0.29, 0.717) is 17.1 Å². The molecule has 1 unspecified atom stereocenters. The number of hydrogen-bond donors (Lipinski definition) is 1. The third-order valence-electron chi connectivity index (χ3n) is 4.46. The second-order valence-corrected chi connectivity index (χ2v) is 6.12. The van der Waals surface area contributed by atoms with E-state index in [1.165, 1.54) is 31.4 Å². The lowest BCUT2D eigenvalue weighted by Crippen LogP contribution is -2.34. The predicted molar refractivity (Wildman–Crippen MR) is 83.9 cm³/mol. The van der Waals surface area contributed by atoms with E-state index in [1.807, 2.05) is 0 Å². The second kappa shape index (κ2) is 6.73. The third-order valence-corrected chi connectivity index (χ3v) is 4.46. The van der Waals surface area contributed by atoms with Crippen molar-refractivity contribution in [3.63, 3.8) is 0 Å². The number of piperidine rings is 1. The SMILES string of the molecule is CCCc1nc2cc(F)c(F)cc2n1CCC1CCCCN1. The molecule has 0 radical (unpaired) electrons.